The average Bonchev–Trinajstić information content (AvgIpc) is 3.03. The summed E-state index contributed by atoms with van der Waals surface area (Å²) in [6.45, 7) is 4.31. The molecule has 29 heavy (non-hydrogen) atoms. The molecule has 0 amide bonds. The zero-order chi connectivity index (χ0) is 19.6. The van der Waals surface area contributed by atoms with Crippen molar-refractivity contribution in [1.29, 1.82) is 0 Å². The summed E-state index contributed by atoms with van der Waals surface area (Å²) < 4.78 is 15.2. The third kappa shape index (κ3) is 2.36. The van der Waals surface area contributed by atoms with Gasteiger partial charge >= 0.3 is 0 Å². The molecule has 1 aliphatic heterocycles. The number of aryl methyl sites for hydroxylation is 1. The van der Waals surface area contributed by atoms with E-state index in [0.717, 1.165) is 29.7 Å². The van der Waals surface area contributed by atoms with Gasteiger partial charge in [0.25, 0.3) is 0 Å². The minimum atomic E-state index is -0.233. The number of fused-ring (bicyclic) bond motifs is 2. The summed E-state index contributed by atoms with van der Waals surface area (Å²) in [5.41, 5.74) is 6.30. The fraction of sp³-hybridized carbons (Fsp3) is 0.240. The summed E-state index contributed by atoms with van der Waals surface area (Å²) in [7, 11) is 0. The third-order valence-corrected chi connectivity index (χ3v) is 6.94. The number of halogens is 1. The lowest BCUT2D eigenvalue weighted by atomic mass is 9.87. The molecule has 3 atom stereocenters. The van der Waals surface area contributed by atoms with Crippen molar-refractivity contribution in [3.63, 3.8) is 0 Å². The topological polar surface area (TPSA) is 29.9 Å². The Kier molecular flexibility index (Phi) is 3.51. The number of piperidine rings is 1. The van der Waals surface area contributed by atoms with Crippen molar-refractivity contribution in [2.75, 3.05) is 13.1 Å². The Morgan fingerprint density at radius 2 is 1.86 bits per heavy atom. The van der Waals surface area contributed by atoms with E-state index in [1.54, 1.807) is 12.1 Å². The highest BCUT2D eigenvalue weighted by Gasteiger charge is 2.68. The van der Waals surface area contributed by atoms with Crippen LogP contribution in [0.1, 0.15) is 22.6 Å². The molecule has 144 valence electrons. The molecule has 4 heteroatoms. The van der Waals surface area contributed by atoms with Crippen LogP contribution in [0.4, 0.5) is 4.39 Å². The normalized spacial score (nSPS) is 25.3. The van der Waals surface area contributed by atoms with Crippen molar-refractivity contribution in [3.05, 3.63) is 95.4 Å². The number of nitrogens with one attached hydrogen (secondary N) is 1. The first-order valence-electron chi connectivity index (χ1n) is 10.2. The molecular formula is C25H22FN3. The van der Waals surface area contributed by atoms with Crippen molar-refractivity contribution < 1.29 is 4.39 Å². The Bertz CT molecular complexity index is 1210. The average molecular weight is 383 g/mol. The molecule has 0 bridgehead atoms. The molecule has 4 aromatic rings. The summed E-state index contributed by atoms with van der Waals surface area (Å²) in [5.74, 6) is 0.990. The van der Waals surface area contributed by atoms with Crippen LogP contribution in [-0.2, 0) is 5.41 Å². The molecule has 1 N–H and O–H groups in total. The molecule has 1 saturated carbocycles. The van der Waals surface area contributed by atoms with Gasteiger partial charge in [0.2, 0.25) is 0 Å². The molecule has 6 rings (SSSR count). The van der Waals surface area contributed by atoms with E-state index in [4.69, 9.17) is 0 Å². The molecule has 2 aliphatic rings. The molecule has 1 aromatic heterocycles. The van der Waals surface area contributed by atoms with Crippen LogP contribution < -0.4 is 5.32 Å². The van der Waals surface area contributed by atoms with E-state index in [9.17, 15) is 4.39 Å². The van der Waals surface area contributed by atoms with Gasteiger partial charge in [-0.2, -0.15) is 5.10 Å². The van der Waals surface area contributed by atoms with Gasteiger partial charge in [-0.05, 0) is 72.5 Å². The summed E-state index contributed by atoms with van der Waals surface area (Å²) in [5, 5.41) is 9.35. The first kappa shape index (κ1) is 16.9. The first-order chi connectivity index (χ1) is 14.2. The molecule has 1 aliphatic carbocycles. The van der Waals surface area contributed by atoms with Crippen molar-refractivity contribution >= 4 is 10.9 Å². The molecule has 0 radical (unpaired) electrons. The van der Waals surface area contributed by atoms with E-state index in [1.807, 2.05) is 10.9 Å². The second-order valence-electron chi connectivity index (χ2n) is 8.42. The number of benzene rings is 3. The zero-order valence-electron chi connectivity index (χ0n) is 16.3. The van der Waals surface area contributed by atoms with Crippen molar-refractivity contribution in [1.82, 2.24) is 15.1 Å². The Morgan fingerprint density at radius 1 is 1.07 bits per heavy atom. The molecule has 2 heterocycles. The van der Waals surface area contributed by atoms with Gasteiger partial charge in [-0.15, -0.1) is 0 Å². The minimum Gasteiger partial charge on any atom is -0.315 e. The summed E-state index contributed by atoms with van der Waals surface area (Å²) in [6, 6.07) is 22.0. The predicted octanol–water partition coefficient (Wildman–Crippen LogP) is 4.73. The monoisotopic (exact) mass is 383 g/mol. The number of rotatable bonds is 3. The number of hydrogen-bond acceptors (Lipinski definition) is 2. The Morgan fingerprint density at radius 3 is 2.66 bits per heavy atom. The zero-order valence-corrected chi connectivity index (χ0v) is 16.3. The molecule has 1 saturated heterocycles. The minimum absolute atomic E-state index is 0.178. The number of aromatic nitrogens is 2. The summed E-state index contributed by atoms with van der Waals surface area (Å²) in [4.78, 5) is 0. The molecule has 3 aromatic carbocycles. The van der Waals surface area contributed by atoms with Gasteiger partial charge in [0.05, 0.1) is 17.4 Å². The lowest BCUT2D eigenvalue weighted by Gasteiger charge is -2.19. The van der Waals surface area contributed by atoms with Crippen LogP contribution in [0.3, 0.4) is 0 Å². The highest BCUT2D eigenvalue weighted by Crippen LogP contribution is 2.67. The highest BCUT2D eigenvalue weighted by molar-refractivity contribution is 5.83. The highest BCUT2D eigenvalue weighted by atomic mass is 19.1. The molecule has 0 spiro atoms. The van der Waals surface area contributed by atoms with E-state index in [-0.39, 0.29) is 11.2 Å². The van der Waals surface area contributed by atoms with Crippen molar-refractivity contribution in [2.45, 2.75) is 18.3 Å². The van der Waals surface area contributed by atoms with E-state index < -0.39 is 0 Å². The fourth-order valence-electron chi connectivity index (χ4n) is 5.61. The van der Waals surface area contributed by atoms with Gasteiger partial charge in [-0.25, -0.2) is 9.07 Å². The Hall–Kier alpha value is -2.98. The maximum atomic E-state index is 13.3. The molecule has 2 fully saturated rings. The van der Waals surface area contributed by atoms with Crippen molar-refractivity contribution in [2.24, 2.45) is 5.92 Å². The second-order valence-corrected chi connectivity index (χ2v) is 8.42. The molecular weight excluding hydrogens is 361 g/mol. The lowest BCUT2D eigenvalue weighted by molar-refractivity contribution is 0.627. The predicted molar refractivity (Wildman–Crippen MR) is 113 cm³/mol. The SMILES string of the molecule is Cc1cc2c(cnn2-c2ccc(F)cc2)cc1[C@@]12CNC[C@@H]1[C@H]2c1ccccc1. The van der Waals surface area contributed by atoms with Crippen LogP contribution >= 0.6 is 0 Å². The van der Waals surface area contributed by atoms with Gasteiger partial charge in [-0.1, -0.05) is 30.3 Å². The van der Waals surface area contributed by atoms with E-state index >= 15 is 0 Å². The van der Waals surface area contributed by atoms with E-state index in [0.29, 0.717) is 11.8 Å². The maximum Gasteiger partial charge on any atom is 0.123 e. The standard InChI is InChI=1S/C25H22FN3/c1-16-11-23-18(13-28-29(23)20-9-7-19(26)8-10-20)12-21(16)25-15-27-14-22(25)24(25)17-5-3-2-4-6-17/h2-13,22,24,27H,14-15H2,1H3/t22-,24-,25+/m1/s1. The smallest absolute Gasteiger partial charge is 0.123 e. The van der Waals surface area contributed by atoms with Crippen LogP contribution in [-0.4, -0.2) is 22.9 Å². The first-order valence-corrected chi connectivity index (χ1v) is 10.2. The maximum absolute atomic E-state index is 13.3. The third-order valence-electron chi connectivity index (χ3n) is 6.94. The van der Waals surface area contributed by atoms with Gasteiger partial charge < -0.3 is 5.32 Å². The Balaban J connectivity index is 1.46. The van der Waals surface area contributed by atoms with Crippen molar-refractivity contribution in [3.8, 4) is 5.69 Å². The van der Waals surface area contributed by atoms with Gasteiger partial charge in [-0.3, -0.25) is 0 Å². The molecule has 0 unspecified atom stereocenters. The van der Waals surface area contributed by atoms with Gasteiger partial charge in [0.1, 0.15) is 5.82 Å². The quantitative estimate of drug-likeness (QED) is 0.554. The Labute approximate surface area is 169 Å². The van der Waals surface area contributed by atoms with Gasteiger partial charge in [0.15, 0.2) is 0 Å². The van der Waals surface area contributed by atoms with E-state index in [2.05, 4.69) is 59.8 Å². The fourth-order valence-corrected chi connectivity index (χ4v) is 5.61. The van der Waals surface area contributed by atoms with Crippen LogP contribution in [0.25, 0.3) is 16.6 Å². The van der Waals surface area contributed by atoms with Gasteiger partial charge in [0, 0.05) is 23.3 Å². The van der Waals surface area contributed by atoms with Crippen LogP contribution in [0.5, 0.6) is 0 Å². The lowest BCUT2D eigenvalue weighted by Crippen LogP contribution is -2.23. The largest absolute Gasteiger partial charge is 0.315 e. The van der Waals surface area contributed by atoms with Crippen LogP contribution in [0.2, 0.25) is 0 Å². The molecule has 3 nitrogen and oxygen atoms in total. The van der Waals surface area contributed by atoms with Crippen LogP contribution in [0, 0.1) is 18.7 Å². The number of nitrogens with zero attached hydrogens (tertiary/aromatic N) is 2. The second kappa shape index (κ2) is 6.01. The summed E-state index contributed by atoms with van der Waals surface area (Å²) in [6.07, 6.45) is 1.93. The number of hydrogen-bond donors (Lipinski definition) is 1. The van der Waals surface area contributed by atoms with Crippen LogP contribution in [0.15, 0.2) is 72.9 Å². The van der Waals surface area contributed by atoms with E-state index in [1.165, 1.54) is 28.8 Å². The summed E-state index contributed by atoms with van der Waals surface area (Å²) >= 11 is 0.